The maximum atomic E-state index is 12.7. The van der Waals surface area contributed by atoms with E-state index in [1.54, 1.807) is 17.8 Å². The van der Waals surface area contributed by atoms with Crippen LogP contribution in [0.5, 0.6) is 0 Å². The molecule has 0 aliphatic carbocycles. The zero-order valence-corrected chi connectivity index (χ0v) is 19.8. The van der Waals surface area contributed by atoms with Gasteiger partial charge in [0, 0.05) is 35.8 Å². The van der Waals surface area contributed by atoms with Gasteiger partial charge in [0.2, 0.25) is 5.91 Å². The van der Waals surface area contributed by atoms with Crippen molar-refractivity contribution in [1.29, 1.82) is 0 Å². The van der Waals surface area contributed by atoms with Gasteiger partial charge in [-0.3, -0.25) is 14.2 Å². The molecule has 4 aromatic rings. The molecule has 1 amide bonds. The third-order valence-corrected chi connectivity index (χ3v) is 7.18. The molecule has 1 aliphatic heterocycles. The normalized spacial score (nSPS) is 12.3. The predicted molar refractivity (Wildman–Crippen MR) is 137 cm³/mol. The number of benzene rings is 3. The third kappa shape index (κ3) is 4.43. The Balaban J connectivity index is 1.16. The van der Waals surface area contributed by atoms with E-state index in [1.165, 1.54) is 32.1 Å². The van der Waals surface area contributed by atoms with Crippen LogP contribution in [0.15, 0.2) is 87.6 Å². The summed E-state index contributed by atoms with van der Waals surface area (Å²) in [5, 5.41) is 3.59. The summed E-state index contributed by atoms with van der Waals surface area (Å²) in [4.78, 5) is 34.4. The van der Waals surface area contributed by atoms with Crippen molar-refractivity contribution in [3.8, 4) is 0 Å². The second-order valence-electron chi connectivity index (χ2n) is 8.36. The van der Waals surface area contributed by atoms with Crippen molar-refractivity contribution in [1.82, 2.24) is 14.9 Å². The van der Waals surface area contributed by atoms with Gasteiger partial charge in [-0.15, -0.1) is 0 Å². The first-order valence-corrected chi connectivity index (χ1v) is 12.3. The molecule has 3 aromatic carbocycles. The van der Waals surface area contributed by atoms with Crippen LogP contribution in [-0.4, -0.2) is 28.5 Å². The van der Waals surface area contributed by atoms with Gasteiger partial charge in [0.1, 0.15) is 0 Å². The van der Waals surface area contributed by atoms with Gasteiger partial charge in [-0.2, -0.15) is 0 Å². The average Bonchev–Trinajstić information content (AvgIpc) is 2.86. The van der Waals surface area contributed by atoms with Crippen molar-refractivity contribution in [2.24, 2.45) is 0 Å². The Hall–Kier alpha value is -3.58. The van der Waals surface area contributed by atoms with Crippen molar-refractivity contribution in [3.05, 3.63) is 89.0 Å². The molecule has 1 aliphatic rings. The number of anilines is 2. The lowest BCUT2D eigenvalue weighted by molar-refractivity contribution is -0.121. The minimum atomic E-state index is -0.109. The van der Waals surface area contributed by atoms with Gasteiger partial charge in [-0.25, -0.2) is 4.98 Å². The highest BCUT2D eigenvalue weighted by Crippen LogP contribution is 2.47. The number of nitrogens with one attached hydrogen (secondary N) is 1. The maximum absolute atomic E-state index is 12.7. The number of fused-ring (bicyclic) bond motifs is 3. The number of aromatic nitrogens is 2. The molecule has 2 heterocycles. The number of hydrogen-bond donors (Lipinski definition) is 1. The molecule has 34 heavy (non-hydrogen) atoms. The molecule has 172 valence electrons. The number of hydrogen-bond acceptors (Lipinski definition) is 5. The number of aryl methyl sites for hydroxylation is 2. The van der Waals surface area contributed by atoms with Crippen molar-refractivity contribution < 1.29 is 4.79 Å². The van der Waals surface area contributed by atoms with E-state index in [1.807, 2.05) is 19.1 Å². The third-order valence-electron chi connectivity index (χ3n) is 6.05. The molecule has 6 nitrogen and oxygen atoms in total. The molecular weight excluding hydrogens is 444 g/mol. The van der Waals surface area contributed by atoms with Crippen LogP contribution in [-0.2, 0) is 11.3 Å². The largest absolute Gasteiger partial charge is 0.356 e. The molecule has 0 atom stereocenters. The summed E-state index contributed by atoms with van der Waals surface area (Å²) in [6.07, 6.45) is 2.59. The van der Waals surface area contributed by atoms with Gasteiger partial charge >= 0.3 is 0 Å². The molecule has 5 rings (SSSR count). The molecule has 0 bridgehead atoms. The minimum absolute atomic E-state index is 0.0637. The summed E-state index contributed by atoms with van der Waals surface area (Å²) in [6.45, 7) is 3.64. The fraction of sp³-hybridized carbons (Fsp3) is 0.222. The topological polar surface area (TPSA) is 67.2 Å². The monoisotopic (exact) mass is 470 g/mol. The summed E-state index contributed by atoms with van der Waals surface area (Å²) in [5.74, 6) is -0.0637. The Morgan fingerprint density at radius 3 is 2.38 bits per heavy atom. The Morgan fingerprint density at radius 1 is 0.941 bits per heavy atom. The van der Waals surface area contributed by atoms with Gasteiger partial charge < -0.3 is 10.2 Å². The van der Waals surface area contributed by atoms with Crippen LogP contribution < -0.4 is 15.8 Å². The Bertz CT molecular complexity index is 1370. The number of rotatable bonds is 7. The first-order valence-electron chi connectivity index (χ1n) is 11.5. The van der Waals surface area contributed by atoms with Crippen molar-refractivity contribution >= 4 is 39.9 Å². The summed E-state index contributed by atoms with van der Waals surface area (Å²) in [6, 6.07) is 22.4. The predicted octanol–water partition coefficient (Wildman–Crippen LogP) is 4.90. The zero-order chi connectivity index (χ0) is 23.5. The van der Waals surface area contributed by atoms with E-state index < -0.39 is 0 Å². The number of para-hydroxylation sites is 3. The van der Waals surface area contributed by atoms with E-state index >= 15 is 0 Å². The summed E-state index contributed by atoms with van der Waals surface area (Å²) < 4.78 is 1.51. The lowest BCUT2D eigenvalue weighted by atomic mass is 10.1. The fourth-order valence-electron chi connectivity index (χ4n) is 4.29. The van der Waals surface area contributed by atoms with E-state index in [4.69, 9.17) is 0 Å². The average molecular weight is 471 g/mol. The number of carbonyl (C=O) groups excluding carboxylic acids is 1. The minimum Gasteiger partial charge on any atom is -0.356 e. The van der Waals surface area contributed by atoms with Crippen molar-refractivity contribution in [2.75, 3.05) is 18.0 Å². The van der Waals surface area contributed by atoms with Crippen molar-refractivity contribution in [2.45, 2.75) is 36.1 Å². The molecule has 0 saturated carbocycles. The second-order valence-corrected chi connectivity index (χ2v) is 9.44. The molecule has 1 N–H and O–H groups in total. The number of carbonyl (C=O) groups is 1. The van der Waals surface area contributed by atoms with E-state index in [0.717, 1.165) is 18.5 Å². The summed E-state index contributed by atoms with van der Waals surface area (Å²) >= 11 is 1.79. The number of nitrogens with zero attached hydrogens (tertiary/aromatic N) is 3. The van der Waals surface area contributed by atoms with Crippen LogP contribution in [0.2, 0.25) is 0 Å². The highest BCUT2D eigenvalue weighted by Gasteiger charge is 2.22. The Kier molecular flexibility index (Phi) is 6.36. The SMILES string of the molecule is Cc1cccc2c(=O)n(CCC(=O)NCCCN3c4ccccc4Sc4ccccc43)cnc12. The Morgan fingerprint density at radius 2 is 1.65 bits per heavy atom. The molecule has 0 fully saturated rings. The standard InChI is InChI=1S/C27H26N4O2S/c1-19-8-6-9-20-26(19)29-18-30(27(20)33)17-14-25(32)28-15-7-16-31-21-10-2-4-12-23(21)34-24-13-5-3-11-22(24)31/h2-6,8-13,18H,7,14-17H2,1H3,(H,28,32). The van der Waals surface area contributed by atoms with Crippen LogP contribution in [0.1, 0.15) is 18.4 Å². The van der Waals surface area contributed by atoms with Crippen LogP contribution in [0.3, 0.4) is 0 Å². The molecule has 0 saturated heterocycles. The highest BCUT2D eigenvalue weighted by molar-refractivity contribution is 7.99. The molecular formula is C27H26N4O2S. The van der Waals surface area contributed by atoms with E-state index in [9.17, 15) is 9.59 Å². The Labute approximate surface area is 202 Å². The molecule has 0 radical (unpaired) electrons. The first kappa shape index (κ1) is 22.2. The quantitative estimate of drug-likeness (QED) is 0.389. The van der Waals surface area contributed by atoms with Gasteiger partial charge in [0.05, 0.1) is 28.6 Å². The first-order chi connectivity index (χ1) is 16.6. The van der Waals surface area contributed by atoms with E-state index in [0.29, 0.717) is 24.0 Å². The molecule has 1 aromatic heterocycles. The fourth-order valence-corrected chi connectivity index (χ4v) is 5.39. The van der Waals surface area contributed by atoms with Gasteiger partial charge in [0.15, 0.2) is 0 Å². The van der Waals surface area contributed by atoms with Crippen LogP contribution in [0.4, 0.5) is 11.4 Å². The van der Waals surface area contributed by atoms with Crippen LogP contribution >= 0.6 is 11.8 Å². The summed E-state index contributed by atoms with van der Waals surface area (Å²) in [7, 11) is 0. The summed E-state index contributed by atoms with van der Waals surface area (Å²) in [5.41, 5.74) is 3.98. The van der Waals surface area contributed by atoms with Gasteiger partial charge in [0.25, 0.3) is 5.56 Å². The van der Waals surface area contributed by atoms with Gasteiger partial charge in [-0.05, 0) is 49.2 Å². The highest BCUT2D eigenvalue weighted by atomic mass is 32.2. The van der Waals surface area contributed by atoms with Gasteiger partial charge in [-0.1, -0.05) is 48.2 Å². The smallest absolute Gasteiger partial charge is 0.261 e. The molecule has 0 spiro atoms. The lowest BCUT2D eigenvalue weighted by Gasteiger charge is -2.32. The number of amides is 1. The van der Waals surface area contributed by atoms with Crippen molar-refractivity contribution in [3.63, 3.8) is 0 Å². The zero-order valence-electron chi connectivity index (χ0n) is 19.0. The second kappa shape index (κ2) is 9.73. The lowest BCUT2D eigenvalue weighted by Crippen LogP contribution is -2.30. The maximum Gasteiger partial charge on any atom is 0.261 e. The van der Waals surface area contributed by atoms with E-state index in [-0.39, 0.29) is 17.9 Å². The molecule has 0 unspecified atom stereocenters. The molecule has 7 heteroatoms. The van der Waals surface area contributed by atoms with E-state index in [2.05, 4.69) is 63.7 Å². The van der Waals surface area contributed by atoms with Crippen LogP contribution in [0, 0.1) is 6.92 Å². The van der Waals surface area contributed by atoms with Crippen LogP contribution in [0.25, 0.3) is 10.9 Å².